The van der Waals surface area contributed by atoms with Gasteiger partial charge in [-0.25, -0.2) is 0 Å². The van der Waals surface area contributed by atoms with E-state index >= 15 is 0 Å². The van der Waals surface area contributed by atoms with Crippen molar-refractivity contribution in [2.24, 2.45) is 0 Å². The second-order valence-electron chi connectivity index (χ2n) is 7.60. The second kappa shape index (κ2) is 13.2. The van der Waals surface area contributed by atoms with Crippen LogP contribution in [-0.2, 0) is 4.74 Å². The van der Waals surface area contributed by atoms with Crippen molar-refractivity contribution in [1.82, 2.24) is 9.80 Å². The van der Waals surface area contributed by atoms with Crippen LogP contribution < -0.4 is 0 Å². The van der Waals surface area contributed by atoms with Crippen molar-refractivity contribution >= 4 is 24.8 Å². The maximum atomic E-state index is 10.2. The Morgan fingerprint density at radius 1 is 0.828 bits per heavy atom. The van der Waals surface area contributed by atoms with Crippen LogP contribution in [0.25, 0.3) is 0 Å². The van der Waals surface area contributed by atoms with Crippen molar-refractivity contribution in [3.05, 3.63) is 71.8 Å². The molecular formula is C23H34Cl2N2O2. The van der Waals surface area contributed by atoms with E-state index in [9.17, 15) is 5.11 Å². The molecule has 1 saturated heterocycles. The number of piperazine rings is 1. The van der Waals surface area contributed by atoms with Crippen molar-refractivity contribution in [3.63, 3.8) is 0 Å². The lowest BCUT2D eigenvalue weighted by Gasteiger charge is -2.40. The first kappa shape index (κ1) is 25.9. The van der Waals surface area contributed by atoms with E-state index in [0.29, 0.717) is 13.2 Å². The van der Waals surface area contributed by atoms with Crippen LogP contribution >= 0.6 is 24.8 Å². The number of hydrogen-bond donors (Lipinski definition) is 1. The van der Waals surface area contributed by atoms with E-state index in [2.05, 4.69) is 70.5 Å². The second-order valence-corrected chi connectivity index (χ2v) is 7.60. The highest BCUT2D eigenvalue weighted by molar-refractivity contribution is 5.85. The maximum absolute atomic E-state index is 10.2. The van der Waals surface area contributed by atoms with Gasteiger partial charge in [0.2, 0.25) is 0 Å². The first-order valence-corrected chi connectivity index (χ1v) is 9.99. The fourth-order valence-electron chi connectivity index (χ4n) is 3.74. The van der Waals surface area contributed by atoms with Crippen molar-refractivity contribution in [3.8, 4) is 0 Å². The lowest BCUT2D eigenvalue weighted by molar-refractivity contribution is -0.0159. The molecule has 1 atom stereocenters. The first-order valence-electron chi connectivity index (χ1n) is 9.99. The van der Waals surface area contributed by atoms with Gasteiger partial charge in [0.1, 0.15) is 0 Å². The summed E-state index contributed by atoms with van der Waals surface area (Å²) in [6, 6.07) is 21.8. The molecule has 1 aliphatic heterocycles. The smallest absolute Gasteiger partial charge is 0.0900 e. The van der Waals surface area contributed by atoms with Crippen LogP contribution in [0.15, 0.2) is 60.7 Å². The third kappa shape index (κ3) is 7.89. The van der Waals surface area contributed by atoms with Crippen molar-refractivity contribution in [2.75, 3.05) is 39.3 Å². The van der Waals surface area contributed by atoms with Crippen LogP contribution in [0.4, 0.5) is 0 Å². The van der Waals surface area contributed by atoms with E-state index < -0.39 is 6.10 Å². The normalized spacial score (nSPS) is 16.3. The zero-order valence-corrected chi connectivity index (χ0v) is 18.9. The van der Waals surface area contributed by atoms with Crippen LogP contribution in [0.2, 0.25) is 0 Å². The molecule has 0 saturated carbocycles. The highest BCUT2D eigenvalue weighted by atomic mass is 35.5. The van der Waals surface area contributed by atoms with Gasteiger partial charge in [-0.2, -0.15) is 0 Å². The third-order valence-electron chi connectivity index (χ3n) is 5.09. The van der Waals surface area contributed by atoms with E-state index in [1.54, 1.807) is 0 Å². The number of benzene rings is 2. The molecule has 29 heavy (non-hydrogen) atoms. The van der Waals surface area contributed by atoms with Crippen LogP contribution in [-0.4, -0.2) is 66.4 Å². The molecule has 2 aromatic rings. The van der Waals surface area contributed by atoms with E-state index in [0.717, 1.165) is 26.2 Å². The third-order valence-corrected chi connectivity index (χ3v) is 5.09. The number of aliphatic hydroxyl groups excluding tert-OH is 1. The molecule has 3 rings (SSSR count). The SMILES string of the molecule is CC(C)OCC(O)CN1CCN(C(c2ccccc2)c2ccccc2)CC1.Cl.Cl. The van der Waals surface area contributed by atoms with Crippen LogP contribution in [0.1, 0.15) is 31.0 Å². The fourth-order valence-corrected chi connectivity index (χ4v) is 3.74. The average molecular weight is 441 g/mol. The Balaban J connectivity index is 0.00000210. The molecule has 1 aliphatic rings. The molecule has 2 aromatic carbocycles. The zero-order valence-electron chi connectivity index (χ0n) is 17.3. The Hall–Kier alpha value is -1.14. The summed E-state index contributed by atoms with van der Waals surface area (Å²) >= 11 is 0. The summed E-state index contributed by atoms with van der Waals surface area (Å²) in [5.41, 5.74) is 2.67. The molecule has 0 bridgehead atoms. The average Bonchev–Trinajstić information content (AvgIpc) is 2.70. The summed E-state index contributed by atoms with van der Waals surface area (Å²) in [6.07, 6.45) is -0.257. The van der Waals surface area contributed by atoms with Gasteiger partial charge in [0, 0.05) is 32.7 Å². The molecule has 0 aromatic heterocycles. The quantitative estimate of drug-likeness (QED) is 0.671. The summed E-state index contributed by atoms with van der Waals surface area (Å²) in [7, 11) is 0. The van der Waals surface area contributed by atoms with Crippen molar-refractivity contribution in [2.45, 2.75) is 32.1 Å². The summed E-state index contributed by atoms with van der Waals surface area (Å²) in [5.74, 6) is 0. The van der Waals surface area contributed by atoms with Gasteiger partial charge in [0.05, 0.1) is 24.9 Å². The molecule has 1 N–H and O–H groups in total. The van der Waals surface area contributed by atoms with E-state index in [4.69, 9.17) is 4.74 Å². The molecule has 0 amide bonds. The van der Waals surface area contributed by atoms with Crippen LogP contribution in [0, 0.1) is 0 Å². The molecule has 1 unspecified atom stereocenters. The Bertz CT molecular complexity index is 626. The number of ether oxygens (including phenoxy) is 1. The van der Waals surface area contributed by atoms with Gasteiger partial charge in [-0.15, -0.1) is 24.8 Å². The summed E-state index contributed by atoms with van der Waals surface area (Å²) in [5, 5.41) is 10.2. The Labute approximate surface area is 187 Å². The molecular weight excluding hydrogens is 407 g/mol. The number of hydrogen-bond acceptors (Lipinski definition) is 4. The summed E-state index contributed by atoms with van der Waals surface area (Å²) < 4.78 is 5.53. The van der Waals surface area contributed by atoms with Crippen LogP contribution in [0.3, 0.4) is 0 Å². The first-order chi connectivity index (χ1) is 13.1. The van der Waals surface area contributed by atoms with Crippen molar-refractivity contribution in [1.29, 1.82) is 0 Å². The number of nitrogens with zero attached hydrogens (tertiary/aromatic N) is 2. The molecule has 6 heteroatoms. The van der Waals surface area contributed by atoms with E-state index in [-0.39, 0.29) is 37.0 Å². The molecule has 1 heterocycles. The minimum atomic E-state index is -0.419. The lowest BCUT2D eigenvalue weighted by Crippen LogP contribution is -2.50. The highest BCUT2D eigenvalue weighted by Crippen LogP contribution is 2.29. The van der Waals surface area contributed by atoms with Crippen molar-refractivity contribution < 1.29 is 9.84 Å². The van der Waals surface area contributed by atoms with Gasteiger partial charge in [-0.1, -0.05) is 60.7 Å². The minimum Gasteiger partial charge on any atom is -0.389 e. The van der Waals surface area contributed by atoms with Gasteiger partial charge in [0.15, 0.2) is 0 Å². The largest absolute Gasteiger partial charge is 0.389 e. The maximum Gasteiger partial charge on any atom is 0.0900 e. The zero-order chi connectivity index (χ0) is 19.1. The van der Waals surface area contributed by atoms with Gasteiger partial charge < -0.3 is 9.84 Å². The number of rotatable bonds is 8. The summed E-state index contributed by atoms with van der Waals surface area (Å²) in [4.78, 5) is 4.90. The monoisotopic (exact) mass is 440 g/mol. The van der Waals surface area contributed by atoms with Crippen LogP contribution in [0.5, 0.6) is 0 Å². The molecule has 0 spiro atoms. The van der Waals surface area contributed by atoms with Gasteiger partial charge in [-0.05, 0) is 25.0 Å². The Morgan fingerprint density at radius 3 is 1.76 bits per heavy atom. The number of β-amino-alcohol motifs (C(OH)–C–C–N with tert-alkyl or cyclic N) is 1. The van der Waals surface area contributed by atoms with E-state index in [1.165, 1.54) is 11.1 Å². The molecule has 0 aliphatic carbocycles. The molecule has 1 fully saturated rings. The predicted molar refractivity (Wildman–Crippen MR) is 124 cm³/mol. The lowest BCUT2D eigenvalue weighted by atomic mass is 9.96. The molecule has 0 radical (unpaired) electrons. The number of aliphatic hydroxyl groups is 1. The highest BCUT2D eigenvalue weighted by Gasteiger charge is 2.27. The van der Waals surface area contributed by atoms with E-state index in [1.807, 2.05) is 13.8 Å². The van der Waals surface area contributed by atoms with Gasteiger partial charge >= 0.3 is 0 Å². The number of halogens is 2. The summed E-state index contributed by atoms with van der Waals surface area (Å²) in [6.45, 7) is 9.01. The Morgan fingerprint density at radius 2 is 1.31 bits per heavy atom. The topological polar surface area (TPSA) is 35.9 Å². The van der Waals surface area contributed by atoms with Gasteiger partial charge in [-0.3, -0.25) is 9.80 Å². The predicted octanol–water partition coefficient (Wildman–Crippen LogP) is 4.02. The molecule has 4 nitrogen and oxygen atoms in total. The standard InChI is InChI=1S/C23H32N2O2.2ClH/c1-19(2)27-18-22(26)17-24-13-15-25(16-14-24)23(20-9-5-3-6-10-20)21-11-7-4-8-12-21;;/h3-12,19,22-23,26H,13-18H2,1-2H3;2*1H. The Kier molecular flexibility index (Phi) is 11.8. The molecule has 162 valence electrons. The van der Waals surface area contributed by atoms with Gasteiger partial charge in [0.25, 0.3) is 0 Å². The minimum absolute atomic E-state index is 0. The fraction of sp³-hybridized carbons (Fsp3) is 0.478.